The third-order valence-electron chi connectivity index (χ3n) is 8.29. The van der Waals surface area contributed by atoms with E-state index in [4.69, 9.17) is 4.74 Å². The van der Waals surface area contributed by atoms with Crippen LogP contribution in [0.2, 0.25) is 0 Å². The zero-order valence-corrected chi connectivity index (χ0v) is 24.0. The van der Waals surface area contributed by atoms with Gasteiger partial charge in [-0.1, -0.05) is 19.1 Å². The van der Waals surface area contributed by atoms with Gasteiger partial charge in [-0.2, -0.15) is 4.98 Å². The molecule has 1 aliphatic rings. The van der Waals surface area contributed by atoms with Crippen molar-refractivity contribution in [3.05, 3.63) is 106 Å². The highest BCUT2D eigenvalue weighted by Gasteiger charge is 2.41. The van der Waals surface area contributed by atoms with Crippen molar-refractivity contribution in [2.24, 2.45) is 5.41 Å². The summed E-state index contributed by atoms with van der Waals surface area (Å²) in [5, 5.41) is 9.48. The Bertz CT molecular complexity index is 1920. The van der Waals surface area contributed by atoms with Crippen LogP contribution in [0.1, 0.15) is 59.1 Å². The van der Waals surface area contributed by atoms with Gasteiger partial charge in [0, 0.05) is 30.3 Å². The summed E-state index contributed by atoms with van der Waals surface area (Å²) in [5.74, 6) is -3.70. The number of carboxylic acids is 1. The number of carboxylic acid groups (broad SMARTS) is 1. The molecule has 1 aliphatic carbocycles. The van der Waals surface area contributed by atoms with Gasteiger partial charge in [0.15, 0.2) is 5.82 Å². The zero-order valence-electron chi connectivity index (χ0n) is 24.0. The Morgan fingerprint density at radius 2 is 1.73 bits per heavy atom. The van der Waals surface area contributed by atoms with Crippen LogP contribution in [0, 0.1) is 35.6 Å². The number of fused-ring (bicyclic) bond motifs is 1. The molecule has 0 unspecified atom stereocenters. The van der Waals surface area contributed by atoms with Gasteiger partial charge in [0.1, 0.15) is 35.4 Å². The molecule has 5 aromatic rings. The number of imidazole rings is 1. The molecule has 6 rings (SSSR count). The first-order chi connectivity index (χ1) is 21.1. The molecule has 7 nitrogen and oxygen atoms in total. The van der Waals surface area contributed by atoms with Crippen molar-refractivity contribution in [2.45, 2.75) is 52.7 Å². The Labute approximate surface area is 250 Å². The van der Waals surface area contributed by atoms with E-state index < -0.39 is 29.2 Å². The molecule has 0 bridgehead atoms. The van der Waals surface area contributed by atoms with Gasteiger partial charge in [-0.3, -0.25) is 0 Å². The first kappa shape index (κ1) is 29.3. The second-order valence-corrected chi connectivity index (χ2v) is 11.3. The van der Waals surface area contributed by atoms with Gasteiger partial charge in [-0.05, 0) is 79.1 Å². The van der Waals surface area contributed by atoms with E-state index in [1.165, 1.54) is 24.4 Å². The molecule has 2 heterocycles. The predicted molar refractivity (Wildman–Crippen MR) is 154 cm³/mol. The van der Waals surface area contributed by atoms with E-state index >= 15 is 8.78 Å². The second kappa shape index (κ2) is 11.4. The normalized spacial score (nSPS) is 13.8. The number of aromatic nitrogens is 4. The van der Waals surface area contributed by atoms with Crippen molar-refractivity contribution in [2.75, 3.05) is 0 Å². The molecule has 3 aromatic carbocycles. The van der Waals surface area contributed by atoms with Crippen molar-refractivity contribution in [1.29, 1.82) is 0 Å². The molecular formula is C33H28F4N4O3. The highest BCUT2D eigenvalue weighted by atomic mass is 19.1. The Balaban J connectivity index is 1.30. The smallest absolute Gasteiger partial charge is 0.335 e. The molecule has 0 saturated heterocycles. The summed E-state index contributed by atoms with van der Waals surface area (Å²) >= 11 is 0. The first-order valence-corrected chi connectivity index (χ1v) is 14.2. The highest BCUT2D eigenvalue weighted by Crippen LogP contribution is 2.50. The standard InChI is InChI=1S/C33H28F4N4O3/c1-3-33(7-8-33)17-41-28-13-21(31(42)43)12-26(37)30(28)40-29(41)14-20-11-25(36)22(15-24(20)35)27-6-9-38-32(39-27)44-16-19-5-4-18(2)10-23(19)34/h4-6,9-13,15H,3,7-8,14,16-17H2,1-2H3,(H,42,43). The number of aryl methyl sites for hydroxylation is 1. The van der Waals surface area contributed by atoms with E-state index in [0.717, 1.165) is 43.0 Å². The number of hydrogen-bond donors (Lipinski definition) is 1. The summed E-state index contributed by atoms with van der Waals surface area (Å²) < 4.78 is 67.4. The van der Waals surface area contributed by atoms with Gasteiger partial charge in [0.25, 0.3) is 0 Å². The van der Waals surface area contributed by atoms with Crippen LogP contribution in [0.3, 0.4) is 0 Å². The van der Waals surface area contributed by atoms with Crippen molar-refractivity contribution in [3.8, 4) is 17.3 Å². The summed E-state index contributed by atoms with van der Waals surface area (Å²) in [4.78, 5) is 24.2. The molecule has 0 amide bonds. The molecule has 1 saturated carbocycles. The average Bonchev–Trinajstić information content (AvgIpc) is 3.69. The minimum atomic E-state index is -1.28. The molecule has 0 aliphatic heterocycles. The fraction of sp³-hybridized carbons (Fsp3) is 0.273. The third-order valence-corrected chi connectivity index (χ3v) is 8.29. The van der Waals surface area contributed by atoms with Crippen LogP contribution in [-0.4, -0.2) is 30.6 Å². The van der Waals surface area contributed by atoms with E-state index in [9.17, 15) is 18.7 Å². The van der Waals surface area contributed by atoms with Crippen molar-refractivity contribution < 1.29 is 32.2 Å². The van der Waals surface area contributed by atoms with Gasteiger partial charge in [0.2, 0.25) is 0 Å². The van der Waals surface area contributed by atoms with Gasteiger partial charge < -0.3 is 14.4 Å². The van der Waals surface area contributed by atoms with Gasteiger partial charge >= 0.3 is 12.0 Å². The maximum Gasteiger partial charge on any atom is 0.335 e. The maximum atomic E-state index is 15.5. The Morgan fingerprint density at radius 1 is 0.955 bits per heavy atom. The fourth-order valence-corrected chi connectivity index (χ4v) is 5.36. The predicted octanol–water partition coefficient (Wildman–Crippen LogP) is 7.42. The summed E-state index contributed by atoms with van der Waals surface area (Å²) in [7, 11) is 0. The van der Waals surface area contributed by atoms with Crippen LogP contribution in [0.4, 0.5) is 17.6 Å². The lowest BCUT2D eigenvalue weighted by Crippen LogP contribution is -2.14. The lowest BCUT2D eigenvalue weighted by molar-refractivity contribution is 0.0696. The van der Waals surface area contributed by atoms with E-state index in [0.29, 0.717) is 23.4 Å². The Morgan fingerprint density at radius 3 is 2.43 bits per heavy atom. The summed E-state index contributed by atoms with van der Waals surface area (Å²) in [6, 6.07) is 10.3. The maximum absolute atomic E-state index is 15.5. The Hall–Kier alpha value is -4.80. The number of carbonyl (C=O) groups is 1. The Kier molecular flexibility index (Phi) is 7.56. The number of rotatable bonds is 10. The van der Waals surface area contributed by atoms with Gasteiger partial charge in [0.05, 0.1) is 16.8 Å². The average molecular weight is 605 g/mol. The lowest BCUT2D eigenvalue weighted by Gasteiger charge is -2.17. The number of benzene rings is 3. The summed E-state index contributed by atoms with van der Waals surface area (Å²) in [5.41, 5.74) is 1.00. The molecule has 0 atom stereocenters. The number of nitrogens with zero attached hydrogens (tertiary/aromatic N) is 4. The zero-order chi connectivity index (χ0) is 31.2. The van der Waals surface area contributed by atoms with Gasteiger partial charge in [-0.25, -0.2) is 32.3 Å². The largest absolute Gasteiger partial charge is 0.478 e. The summed E-state index contributed by atoms with van der Waals surface area (Å²) in [6.45, 7) is 4.12. The minimum absolute atomic E-state index is 0.0107. The number of halogens is 4. The molecule has 0 spiro atoms. The second-order valence-electron chi connectivity index (χ2n) is 11.3. The quantitative estimate of drug-likeness (QED) is 0.167. The van der Waals surface area contributed by atoms with E-state index in [-0.39, 0.29) is 52.4 Å². The molecule has 11 heteroatoms. The molecule has 1 fully saturated rings. The van der Waals surface area contributed by atoms with Crippen LogP contribution >= 0.6 is 0 Å². The van der Waals surface area contributed by atoms with Crippen molar-refractivity contribution >= 4 is 17.0 Å². The molecule has 2 aromatic heterocycles. The third kappa shape index (κ3) is 5.73. The van der Waals surface area contributed by atoms with Crippen LogP contribution in [0.25, 0.3) is 22.3 Å². The SMILES string of the molecule is CCC1(Cn2c(Cc3cc(F)c(-c4ccnc(OCc5ccc(C)cc5F)n4)cc3F)nc3c(F)cc(C(=O)O)cc32)CC1. The van der Waals surface area contributed by atoms with Gasteiger partial charge in [-0.15, -0.1) is 0 Å². The van der Waals surface area contributed by atoms with Crippen molar-refractivity contribution in [1.82, 2.24) is 19.5 Å². The molecule has 1 N–H and O–H groups in total. The number of aromatic carboxylic acids is 1. The van der Waals surface area contributed by atoms with Crippen LogP contribution in [0.15, 0.2) is 54.7 Å². The molecule has 0 radical (unpaired) electrons. The minimum Gasteiger partial charge on any atom is -0.478 e. The molecular weight excluding hydrogens is 576 g/mol. The van der Waals surface area contributed by atoms with Crippen LogP contribution in [0.5, 0.6) is 6.01 Å². The molecule has 226 valence electrons. The topological polar surface area (TPSA) is 90.1 Å². The fourth-order valence-electron chi connectivity index (χ4n) is 5.36. The van der Waals surface area contributed by atoms with Crippen LogP contribution in [-0.2, 0) is 19.6 Å². The van der Waals surface area contributed by atoms with Crippen LogP contribution < -0.4 is 4.74 Å². The number of hydrogen-bond acceptors (Lipinski definition) is 5. The van der Waals surface area contributed by atoms with Crippen molar-refractivity contribution in [3.63, 3.8) is 0 Å². The van der Waals surface area contributed by atoms with E-state index in [2.05, 4.69) is 15.0 Å². The number of ether oxygens (including phenoxy) is 1. The molecule has 44 heavy (non-hydrogen) atoms. The first-order valence-electron chi connectivity index (χ1n) is 14.2. The highest BCUT2D eigenvalue weighted by molar-refractivity contribution is 5.92. The lowest BCUT2D eigenvalue weighted by atomic mass is 10.0. The summed E-state index contributed by atoms with van der Waals surface area (Å²) in [6.07, 6.45) is 3.94. The van der Waals surface area contributed by atoms with E-state index in [1.54, 1.807) is 23.6 Å². The monoisotopic (exact) mass is 604 g/mol. The van der Waals surface area contributed by atoms with E-state index in [1.807, 2.05) is 6.92 Å².